The average molecular weight is 398 g/mol. The summed E-state index contributed by atoms with van der Waals surface area (Å²) in [4.78, 5) is 27.8. The summed E-state index contributed by atoms with van der Waals surface area (Å²) in [5.41, 5.74) is 3.72. The van der Waals surface area contributed by atoms with Gasteiger partial charge in [0.15, 0.2) is 0 Å². The van der Waals surface area contributed by atoms with Crippen molar-refractivity contribution in [2.45, 2.75) is 13.5 Å². The van der Waals surface area contributed by atoms with Gasteiger partial charge in [-0.1, -0.05) is 24.3 Å². The number of nitrogens with one attached hydrogen (secondary N) is 1. The van der Waals surface area contributed by atoms with Gasteiger partial charge in [-0.25, -0.2) is 4.79 Å². The molecule has 5 rings (SSSR count). The molecule has 0 aliphatic rings. The molecule has 0 spiro atoms. The number of hydrogen-bond acceptors (Lipinski definition) is 3. The van der Waals surface area contributed by atoms with Crippen LogP contribution in [0.5, 0.6) is 0 Å². The van der Waals surface area contributed by atoms with Crippen molar-refractivity contribution in [3.63, 3.8) is 0 Å². The summed E-state index contributed by atoms with van der Waals surface area (Å²) in [6, 6.07) is 16.8. The van der Waals surface area contributed by atoms with Crippen molar-refractivity contribution >= 4 is 27.8 Å². The number of pyridine rings is 1. The van der Waals surface area contributed by atoms with Crippen LogP contribution < -0.4 is 5.56 Å². The number of rotatable bonds is 4. The van der Waals surface area contributed by atoms with Gasteiger partial charge in [-0.05, 0) is 48.4 Å². The van der Waals surface area contributed by atoms with E-state index in [1.165, 1.54) is 6.20 Å². The third-order valence-corrected chi connectivity index (χ3v) is 5.53. The normalized spacial score (nSPS) is 11.4. The summed E-state index contributed by atoms with van der Waals surface area (Å²) in [5.74, 6) is -1.10. The number of aromatic carboxylic acids is 1. The number of hydrogen-bond donors (Lipinski definition) is 2. The lowest BCUT2D eigenvalue weighted by atomic mass is 10.0. The highest BCUT2D eigenvalue weighted by Crippen LogP contribution is 2.39. The molecule has 3 heterocycles. The second-order valence-corrected chi connectivity index (χ2v) is 7.25. The molecule has 2 aromatic carbocycles. The fourth-order valence-corrected chi connectivity index (χ4v) is 4.09. The van der Waals surface area contributed by atoms with E-state index in [-0.39, 0.29) is 11.3 Å². The molecule has 0 saturated heterocycles. The summed E-state index contributed by atoms with van der Waals surface area (Å²) >= 11 is 0. The molecular weight excluding hydrogens is 380 g/mol. The minimum absolute atomic E-state index is 0.0638. The van der Waals surface area contributed by atoms with Gasteiger partial charge in [0, 0.05) is 23.7 Å². The van der Waals surface area contributed by atoms with Crippen LogP contribution in [0.25, 0.3) is 33.0 Å². The number of H-pyrrole nitrogens is 1. The van der Waals surface area contributed by atoms with Crippen LogP contribution in [0.1, 0.15) is 21.6 Å². The Morgan fingerprint density at radius 1 is 1.10 bits per heavy atom. The molecule has 2 N–H and O–H groups in total. The van der Waals surface area contributed by atoms with Crippen LogP contribution in [0.3, 0.4) is 0 Å². The number of carboxylic acids is 1. The summed E-state index contributed by atoms with van der Waals surface area (Å²) in [6.45, 7) is 2.36. The van der Waals surface area contributed by atoms with Crippen molar-refractivity contribution in [2.24, 2.45) is 0 Å². The van der Waals surface area contributed by atoms with Crippen LogP contribution in [0.2, 0.25) is 0 Å². The third kappa shape index (κ3) is 2.65. The molecule has 6 nitrogen and oxygen atoms in total. The van der Waals surface area contributed by atoms with Gasteiger partial charge < -0.3 is 19.1 Å². The monoisotopic (exact) mass is 398 g/mol. The number of carboxylic acid groups (broad SMARTS) is 1. The van der Waals surface area contributed by atoms with Crippen molar-refractivity contribution in [3.8, 4) is 11.1 Å². The number of aromatic amines is 1. The van der Waals surface area contributed by atoms with Crippen LogP contribution in [-0.2, 0) is 6.54 Å². The molecule has 0 amide bonds. The molecule has 3 aromatic heterocycles. The first-order chi connectivity index (χ1) is 14.6. The largest absolute Gasteiger partial charge is 0.477 e. The number of aromatic nitrogens is 2. The molecule has 5 aromatic rings. The Morgan fingerprint density at radius 3 is 2.70 bits per heavy atom. The summed E-state index contributed by atoms with van der Waals surface area (Å²) in [7, 11) is 0. The van der Waals surface area contributed by atoms with Gasteiger partial charge in [-0.2, -0.15) is 0 Å². The molecule has 0 radical (unpaired) electrons. The predicted octanol–water partition coefficient (Wildman–Crippen LogP) is 4.80. The van der Waals surface area contributed by atoms with Crippen LogP contribution in [0.15, 0.2) is 76.3 Å². The van der Waals surface area contributed by atoms with Crippen LogP contribution in [0, 0.1) is 6.92 Å². The van der Waals surface area contributed by atoms with E-state index in [9.17, 15) is 14.7 Å². The Morgan fingerprint density at radius 2 is 1.93 bits per heavy atom. The lowest BCUT2D eigenvalue weighted by molar-refractivity contribution is 0.0687. The molecule has 0 bridgehead atoms. The number of carbonyl (C=O) groups is 1. The Balaban J connectivity index is 1.94. The molecule has 0 saturated carbocycles. The molecule has 0 atom stereocenters. The zero-order valence-electron chi connectivity index (χ0n) is 16.2. The fourth-order valence-electron chi connectivity index (χ4n) is 4.09. The van der Waals surface area contributed by atoms with Gasteiger partial charge in [0.25, 0.3) is 5.56 Å². The first-order valence-electron chi connectivity index (χ1n) is 9.54. The van der Waals surface area contributed by atoms with Crippen molar-refractivity contribution in [1.29, 1.82) is 0 Å². The van der Waals surface area contributed by atoms with Gasteiger partial charge in [0.2, 0.25) is 0 Å². The van der Waals surface area contributed by atoms with E-state index in [0.717, 1.165) is 16.5 Å². The average Bonchev–Trinajstić information content (AvgIpc) is 3.32. The molecule has 0 fully saturated rings. The zero-order valence-corrected chi connectivity index (χ0v) is 16.2. The molecule has 0 aliphatic heterocycles. The number of nitrogens with zero attached hydrogens (tertiary/aromatic N) is 1. The van der Waals surface area contributed by atoms with Crippen LogP contribution in [-0.4, -0.2) is 20.6 Å². The zero-order chi connectivity index (χ0) is 20.8. The molecule has 30 heavy (non-hydrogen) atoms. The SMILES string of the molecule is Cc1ccccc1Cn1c(C(=O)O)c(-c2ccc[nH]c2=O)c2c3occc3ccc21. The van der Waals surface area contributed by atoms with Crippen molar-refractivity contribution in [3.05, 3.63) is 94.2 Å². The van der Waals surface area contributed by atoms with Crippen LogP contribution in [0.4, 0.5) is 0 Å². The number of fused-ring (bicyclic) bond motifs is 3. The van der Waals surface area contributed by atoms with E-state index in [1.54, 1.807) is 23.0 Å². The third-order valence-electron chi connectivity index (χ3n) is 5.53. The lowest BCUT2D eigenvalue weighted by Gasteiger charge is -2.11. The Bertz CT molecular complexity index is 1490. The number of furan rings is 1. The van der Waals surface area contributed by atoms with Crippen molar-refractivity contribution in [1.82, 2.24) is 9.55 Å². The summed E-state index contributed by atoms with van der Waals surface area (Å²) in [6.07, 6.45) is 3.10. The molecule has 6 heteroatoms. The minimum Gasteiger partial charge on any atom is -0.477 e. The highest BCUT2D eigenvalue weighted by molar-refractivity contribution is 6.17. The predicted molar refractivity (Wildman–Crippen MR) is 115 cm³/mol. The van der Waals surface area contributed by atoms with Gasteiger partial charge >= 0.3 is 5.97 Å². The summed E-state index contributed by atoms with van der Waals surface area (Å²) in [5, 5.41) is 11.7. The van der Waals surface area contributed by atoms with Crippen molar-refractivity contribution < 1.29 is 14.3 Å². The molecule has 0 aliphatic carbocycles. The van der Waals surface area contributed by atoms with Crippen molar-refractivity contribution in [2.75, 3.05) is 0 Å². The quantitative estimate of drug-likeness (QED) is 0.455. The van der Waals surface area contributed by atoms with E-state index in [1.807, 2.05) is 49.4 Å². The molecular formula is C24H18N2O4. The second-order valence-electron chi connectivity index (χ2n) is 7.25. The van der Waals surface area contributed by atoms with E-state index in [0.29, 0.717) is 34.2 Å². The number of benzene rings is 2. The van der Waals surface area contributed by atoms with E-state index < -0.39 is 5.97 Å². The first kappa shape index (κ1) is 18.0. The van der Waals surface area contributed by atoms with Crippen LogP contribution >= 0.6 is 0 Å². The van der Waals surface area contributed by atoms with Gasteiger partial charge in [0.1, 0.15) is 11.3 Å². The highest BCUT2D eigenvalue weighted by Gasteiger charge is 2.27. The minimum atomic E-state index is -1.10. The molecule has 148 valence electrons. The Labute approximate surface area is 171 Å². The first-order valence-corrected chi connectivity index (χ1v) is 9.54. The highest BCUT2D eigenvalue weighted by atomic mass is 16.4. The fraction of sp³-hybridized carbons (Fsp3) is 0.0833. The Kier molecular flexibility index (Phi) is 4.06. The van der Waals surface area contributed by atoms with Gasteiger partial charge in [-0.15, -0.1) is 0 Å². The number of aryl methyl sites for hydroxylation is 1. The standard InChI is InChI=1S/C24H18N2O4/c1-14-5-2-3-6-16(14)13-26-18-9-8-15-10-12-30-22(15)20(18)19(21(26)24(28)29)17-7-4-11-25-23(17)27/h2-12H,13H2,1H3,(H,25,27)(H,28,29). The van der Waals surface area contributed by atoms with Gasteiger partial charge in [-0.3, -0.25) is 4.79 Å². The van der Waals surface area contributed by atoms with E-state index >= 15 is 0 Å². The maximum absolute atomic E-state index is 12.6. The lowest BCUT2D eigenvalue weighted by Crippen LogP contribution is -2.14. The van der Waals surface area contributed by atoms with E-state index in [2.05, 4.69) is 4.98 Å². The topological polar surface area (TPSA) is 88.2 Å². The molecule has 0 unspecified atom stereocenters. The maximum atomic E-state index is 12.6. The maximum Gasteiger partial charge on any atom is 0.353 e. The smallest absolute Gasteiger partial charge is 0.353 e. The van der Waals surface area contributed by atoms with E-state index in [4.69, 9.17) is 4.42 Å². The summed E-state index contributed by atoms with van der Waals surface area (Å²) < 4.78 is 7.49. The Hall–Kier alpha value is -4.06. The second kappa shape index (κ2) is 6.77. The van der Waals surface area contributed by atoms with Gasteiger partial charge in [0.05, 0.1) is 22.7 Å².